The number of nitrogens with one attached hydrogen (secondary N) is 1. The summed E-state index contributed by atoms with van der Waals surface area (Å²) in [5, 5.41) is 13.7. The molecule has 1 heterocycles. The van der Waals surface area contributed by atoms with Gasteiger partial charge in [-0.05, 0) is 50.1 Å². The fourth-order valence-electron chi connectivity index (χ4n) is 3.05. The Morgan fingerprint density at radius 1 is 1.11 bits per heavy atom. The second-order valence-corrected chi connectivity index (χ2v) is 8.23. The smallest absolute Gasteiger partial charge is 0.273 e. The van der Waals surface area contributed by atoms with Crippen LogP contribution in [0.5, 0.6) is 0 Å². The number of hydrogen-bond acceptors (Lipinski definition) is 5. The van der Waals surface area contributed by atoms with E-state index in [2.05, 4.69) is 5.32 Å². The minimum atomic E-state index is -3.51. The number of carbonyl (C=O) groups is 1. The number of nitrogens with zero attached hydrogens (tertiary/aromatic N) is 2. The van der Waals surface area contributed by atoms with E-state index in [-0.39, 0.29) is 21.7 Å². The third kappa shape index (κ3) is 3.83. The summed E-state index contributed by atoms with van der Waals surface area (Å²) in [5.41, 5.74) is 0.743. The maximum absolute atomic E-state index is 12.5. The van der Waals surface area contributed by atoms with Crippen molar-refractivity contribution in [2.24, 2.45) is 0 Å². The van der Waals surface area contributed by atoms with Gasteiger partial charge in [0.15, 0.2) is 0 Å². The maximum atomic E-state index is 12.5. The minimum absolute atomic E-state index is 0.130. The predicted molar refractivity (Wildman–Crippen MR) is 100 cm³/mol. The zero-order valence-corrected chi connectivity index (χ0v) is 15.5. The molecule has 1 amide bonds. The van der Waals surface area contributed by atoms with E-state index in [1.54, 1.807) is 0 Å². The number of amides is 1. The van der Waals surface area contributed by atoms with E-state index in [9.17, 15) is 23.3 Å². The SMILES string of the molecule is Cc1c(C(=O)Nc2ccc(S(=O)(=O)N3CCCC3)cc2)cccc1[N+](=O)[O-]. The van der Waals surface area contributed by atoms with Gasteiger partial charge >= 0.3 is 0 Å². The first-order valence-corrected chi connectivity index (χ1v) is 9.90. The van der Waals surface area contributed by atoms with Gasteiger partial charge in [0.2, 0.25) is 10.0 Å². The quantitative estimate of drug-likeness (QED) is 0.624. The van der Waals surface area contributed by atoms with Crippen LogP contribution in [-0.2, 0) is 10.0 Å². The van der Waals surface area contributed by atoms with Crippen LogP contribution in [0.15, 0.2) is 47.4 Å². The van der Waals surface area contributed by atoms with Crippen LogP contribution >= 0.6 is 0 Å². The molecule has 1 saturated heterocycles. The average molecular weight is 389 g/mol. The highest BCUT2D eigenvalue weighted by molar-refractivity contribution is 7.89. The first-order valence-electron chi connectivity index (χ1n) is 8.46. The standard InChI is InChI=1S/C18H19N3O5S/c1-13-16(5-4-6-17(13)21(23)24)18(22)19-14-7-9-15(10-8-14)27(25,26)20-11-2-3-12-20/h4-10H,2-3,11-12H2,1H3,(H,19,22). The summed E-state index contributed by atoms with van der Waals surface area (Å²) in [4.78, 5) is 23.1. The van der Waals surface area contributed by atoms with Crippen LogP contribution < -0.4 is 5.32 Å². The average Bonchev–Trinajstić information content (AvgIpc) is 3.17. The van der Waals surface area contributed by atoms with Crippen LogP contribution in [-0.4, -0.2) is 36.6 Å². The highest BCUT2D eigenvalue weighted by Gasteiger charge is 2.27. The lowest BCUT2D eigenvalue weighted by Crippen LogP contribution is -2.27. The largest absolute Gasteiger partial charge is 0.322 e. The Balaban J connectivity index is 1.78. The molecular weight excluding hydrogens is 370 g/mol. The molecule has 0 spiro atoms. The Hall–Kier alpha value is -2.78. The van der Waals surface area contributed by atoms with Crippen molar-refractivity contribution in [1.29, 1.82) is 0 Å². The third-order valence-corrected chi connectivity index (χ3v) is 6.47. The Bertz CT molecular complexity index is 981. The first kappa shape index (κ1) is 19.0. The molecule has 0 bridgehead atoms. The van der Waals surface area contributed by atoms with Gasteiger partial charge < -0.3 is 5.32 Å². The second kappa shape index (κ2) is 7.45. The van der Waals surface area contributed by atoms with Gasteiger partial charge in [-0.1, -0.05) is 6.07 Å². The normalized spacial score (nSPS) is 14.9. The van der Waals surface area contributed by atoms with Gasteiger partial charge in [0.1, 0.15) is 0 Å². The Morgan fingerprint density at radius 2 is 1.74 bits per heavy atom. The van der Waals surface area contributed by atoms with Crippen molar-refractivity contribution in [3.05, 3.63) is 63.7 Å². The molecule has 0 radical (unpaired) electrons. The van der Waals surface area contributed by atoms with E-state index >= 15 is 0 Å². The molecule has 0 aromatic heterocycles. The lowest BCUT2D eigenvalue weighted by molar-refractivity contribution is -0.385. The molecule has 8 nitrogen and oxygen atoms in total. The van der Waals surface area contributed by atoms with E-state index in [1.165, 1.54) is 53.7 Å². The second-order valence-electron chi connectivity index (χ2n) is 6.30. The molecular formula is C18H19N3O5S. The summed E-state index contributed by atoms with van der Waals surface area (Å²) in [5.74, 6) is -0.494. The Kier molecular flexibility index (Phi) is 5.24. The van der Waals surface area contributed by atoms with Gasteiger partial charge in [-0.2, -0.15) is 4.31 Å². The van der Waals surface area contributed by atoms with Crippen molar-refractivity contribution in [1.82, 2.24) is 4.31 Å². The van der Waals surface area contributed by atoms with Gasteiger partial charge in [0.05, 0.1) is 9.82 Å². The van der Waals surface area contributed by atoms with Crippen molar-refractivity contribution < 1.29 is 18.1 Å². The van der Waals surface area contributed by atoms with Crippen molar-refractivity contribution in [3.63, 3.8) is 0 Å². The van der Waals surface area contributed by atoms with Gasteiger partial charge in [-0.15, -0.1) is 0 Å². The summed E-state index contributed by atoms with van der Waals surface area (Å²) >= 11 is 0. The topological polar surface area (TPSA) is 110 Å². The summed E-state index contributed by atoms with van der Waals surface area (Å²) in [7, 11) is -3.51. The van der Waals surface area contributed by atoms with Crippen LogP contribution in [0.4, 0.5) is 11.4 Å². The van der Waals surface area contributed by atoms with Gasteiger partial charge in [-0.25, -0.2) is 8.42 Å². The molecule has 1 fully saturated rings. The van der Waals surface area contributed by atoms with Gasteiger partial charge in [-0.3, -0.25) is 14.9 Å². The summed E-state index contributed by atoms with van der Waals surface area (Å²) in [6.07, 6.45) is 1.71. The minimum Gasteiger partial charge on any atom is -0.322 e. The van der Waals surface area contributed by atoms with Crippen molar-refractivity contribution in [3.8, 4) is 0 Å². The molecule has 0 unspecified atom stereocenters. The lowest BCUT2D eigenvalue weighted by Gasteiger charge is -2.15. The number of sulfonamides is 1. The van der Waals surface area contributed by atoms with Crippen LogP contribution in [0.3, 0.4) is 0 Å². The highest BCUT2D eigenvalue weighted by Crippen LogP contribution is 2.24. The molecule has 0 aliphatic carbocycles. The molecule has 2 aromatic carbocycles. The zero-order chi connectivity index (χ0) is 19.6. The number of carbonyl (C=O) groups excluding carboxylic acids is 1. The number of hydrogen-bond donors (Lipinski definition) is 1. The fourth-order valence-corrected chi connectivity index (χ4v) is 4.57. The predicted octanol–water partition coefficient (Wildman–Crippen LogP) is 2.94. The zero-order valence-electron chi connectivity index (χ0n) is 14.7. The summed E-state index contributed by atoms with van der Waals surface area (Å²) < 4.78 is 26.5. The van der Waals surface area contributed by atoms with E-state index in [0.717, 1.165) is 12.8 Å². The summed E-state index contributed by atoms with van der Waals surface area (Å²) in [6.45, 7) is 2.55. The Morgan fingerprint density at radius 3 is 2.33 bits per heavy atom. The van der Waals surface area contributed by atoms with Crippen LogP contribution in [0.25, 0.3) is 0 Å². The number of nitro groups is 1. The van der Waals surface area contributed by atoms with E-state index in [0.29, 0.717) is 18.8 Å². The molecule has 1 aliphatic rings. The Labute approximate surface area is 157 Å². The molecule has 27 heavy (non-hydrogen) atoms. The number of anilines is 1. The van der Waals surface area contributed by atoms with Crippen LogP contribution in [0, 0.1) is 17.0 Å². The number of rotatable bonds is 5. The van der Waals surface area contributed by atoms with E-state index in [1.807, 2.05) is 0 Å². The summed E-state index contributed by atoms with van der Waals surface area (Å²) in [6, 6.07) is 10.2. The molecule has 2 aromatic rings. The monoisotopic (exact) mass is 389 g/mol. The third-order valence-electron chi connectivity index (χ3n) is 4.56. The first-order chi connectivity index (χ1) is 12.8. The lowest BCUT2D eigenvalue weighted by atomic mass is 10.1. The molecule has 3 rings (SSSR count). The van der Waals surface area contributed by atoms with Crippen molar-refractivity contribution >= 4 is 27.3 Å². The van der Waals surface area contributed by atoms with E-state index < -0.39 is 20.9 Å². The fraction of sp³-hybridized carbons (Fsp3) is 0.278. The highest BCUT2D eigenvalue weighted by atomic mass is 32.2. The maximum Gasteiger partial charge on any atom is 0.273 e. The van der Waals surface area contributed by atoms with Crippen molar-refractivity contribution in [2.75, 3.05) is 18.4 Å². The van der Waals surface area contributed by atoms with Gasteiger partial charge in [0, 0.05) is 36.0 Å². The molecule has 0 saturated carbocycles. The number of benzene rings is 2. The molecule has 1 aliphatic heterocycles. The van der Waals surface area contributed by atoms with Crippen LogP contribution in [0.2, 0.25) is 0 Å². The molecule has 1 N–H and O–H groups in total. The molecule has 9 heteroatoms. The van der Waals surface area contributed by atoms with Gasteiger partial charge in [0.25, 0.3) is 11.6 Å². The van der Waals surface area contributed by atoms with Crippen LogP contribution in [0.1, 0.15) is 28.8 Å². The van der Waals surface area contributed by atoms with E-state index in [4.69, 9.17) is 0 Å². The van der Waals surface area contributed by atoms with Crippen molar-refractivity contribution in [2.45, 2.75) is 24.7 Å². The molecule has 142 valence electrons. The molecule has 0 atom stereocenters. The number of nitro benzene ring substituents is 1.